The Kier molecular flexibility index (Phi) is 4.99. The van der Waals surface area contributed by atoms with Crippen LogP contribution in [-0.2, 0) is 6.42 Å². The number of amides is 1. The third-order valence-electron chi connectivity index (χ3n) is 2.20. The fraction of sp³-hybridized carbons (Fsp3) is 0.357. The molecule has 0 heterocycles. The van der Waals surface area contributed by atoms with Crippen molar-refractivity contribution in [2.24, 2.45) is 0 Å². The Morgan fingerprint density at radius 1 is 1.39 bits per heavy atom. The highest BCUT2D eigenvalue weighted by molar-refractivity contribution is 6.83. The van der Waals surface area contributed by atoms with Crippen molar-refractivity contribution >= 4 is 14.2 Å². The van der Waals surface area contributed by atoms with Crippen molar-refractivity contribution in [2.75, 3.05) is 6.54 Å². The van der Waals surface area contributed by atoms with Gasteiger partial charge in [-0.25, -0.2) is 4.79 Å². The fourth-order valence-corrected chi connectivity index (χ4v) is 1.90. The molecule has 0 radical (unpaired) electrons. The van der Waals surface area contributed by atoms with Gasteiger partial charge in [0.1, 0.15) is 8.07 Å². The van der Waals surface area contributed by atoms with E-state index in [9.17, 15) is 4.79 Å². The SMILES string of the molecule is C[Si](C)(C)C#Cc1cccc(CCNC(=O)O)c1. The van der Waals surface area contributed by atoms with Crippen LogP contribution in [0.5, 0.6) is 0 Å². The minimum absolute atomic E-state index is 0.431. The van der Waals surface area contributed by atoms with Crippen molar-refractivity contribution in [3.63, 3.8) is 0 Å². The lowest BCUT2D eigenvalue weighted by atomic mass is 10.1. The predicted molar refractivity (Wildman–Crippen MR) is 76.4 cm³/mol. The Hall–Kier alpha value is -1.73. The van der Waals surface area contributed by atoms with Crippen molar-refractivity contribution in [3.8, 4) is 11.5 Å². The van der Waals surface area contributed by atoms with Gasteiger partial charge in [0.2, 0.25) is 0 Å². The maximum Gasteiger partial charge on any atom is 0.404 e. The molecule has 1 rings (SSSR count). The smallest absolute Gasteiger partial charge is 0.404 e. The second-order valence-corrected chi connectivity index (χ2v) is 9.93. The van der Waals surface area contributed by atoms with Gasteiger partial charge in [-0.15, -0.1) is 5.54 Å². The quantitative estimate of drug-likeness (QED) is 0.649. The molecule has 0 fully saturated rings. The first-order chi connectivity index (χ1) is 8.37. The molecule has 1 aromatic rings. The van der Waals surface area contributed by atoms with E-state index in [0.717, 1.165) is 11.1 Å². The molecule has 1 amide bonds. The van der Waals surface area contributed by atoms with Crippen LogP contribution < -0.4 is 5.32 Å². The van der Waals surface area contributed by atoms with E-state index >= 15 is 0 Å². The zero-order chi connectivity index (χ0) is 13.6. The van der Waals surface area contributed by atoms with Gasteiger partial charge < -0.3 is 10.4 Å². The second-order valence-electron chi connectivity index (χ2n) is 5.18. The molecular weight excluding hydrogens is 242 g/mol. The first-order valence-corrected chi connectivity index (χ1v) is 9.46. The summed E-state index contributed by atoms with van der Waals surface area (Å²) in [6, 6.07) is 7.96. The lowest BCUT2D eigenvalue weighted by Crippen LogP contribution is -2.23. The summed E-state index contributed by atoms with van der Waals surface area (Å²) < 4.78 is 0. The highest BCUT2D eigenvalue weighted by Crippen LogP contribution is 2.05. The van der Waals surface area contributed by atoms with E-state index in [0.29, 0.717) is 13.0 Å². The molecule has 0 saturated heterocycles. The average Bonchev–Trinajstić information content (AvgIpc) is 2.26. The van der Waals surface area contributed by atoms with E-state index in [1.807, 2.05) is 24.3 Å². The van der Waals surface area contributed by atoms with Crippen molar-refractivity contribution in [3.05, 3.63) is 35.4 Å². The van der Waals surface area contributed by atoms with Crippen LogP contribution in [0, 0.1) is 11.5 Å². The van der Waals surface area contributed by atoms with Gasteiger partial charge in [0.25, 0.3) is 0 Å². The number of nitrogens with one attached hydrogen (secondary N) is 1. The largest absolute Gasteiger partial charge is 0.465 e. The molecule has 0 aliphatic heterocycles. The summed E-state index contributed by atoms with van der Waals surface area (Å²) >= 11 is 0. The lowest BCUT2D eigenvalue weighted by molar-refractivity contribution is 0.194. The zero-order valence-electron chi connectivity index (χ0n) is 11.1. The van der Waals surface area contributed by atoms with Gasteiger partial charge in [-0.1, -0.05) is 37.7 Å². The topological polar surface area (TPSA) is 49.3 Å². The Balaban J connectivity index is 2.67. The Morgan fingerprint density at radius 3 is 2.72 bits per heavy atom. The molecule has 2 N–H and O–H groups in total. The van der Waals surface area contributed by atoms with E-state index in [1.54, 1.807) is 0 Å². The molecule has 18 heavy (non-hydrogen) atoms. The van der Waals surface area contributed by atoms with E-state index in [2.05, 4.69) is 36.4 Å². The third kappa shape index (κ3) is 6.11. The molecule has 0 aromatic heterocycles. The summed E-state index contributed by atoms with van der Waals surface area (Å²) in [6.07, 6.45) is -0.293. The Bertz CT molecular complexity index is 481. The molecular formula is C14H19NO2Si. The molecule has 3 nitrogen and oxygen atoms in total. The predicted octanol–water partition coefficient (Wildman–Crippen LogP) is 2.73. The summed E-state index contributed by atoms with van der Waals surface area (Å²) in [5.41, 5.74) is 5.43. The molecule has 4 heteroatoms. The van der Waals surface area contributed by atoms with Crippen LogP contribution in [0.2, 0.25) is 19.6 Å². The Morgan fingerprint density at radius 2 is 2.11 bits per heavy atom. The molecule has 96 valence electrons. The van der Waals surface area contributed by atoms with Crippen LogP contribution >= 0.6 is 0 Å². The third-order valence-corrected chi connectivity index (χ3v) is 3.07. The summed E-state index contributed by atoms with van der Waals surface area (Å²) in [7, 11) is -1.35. The number of rotatable bonds is 3. The summed E-state index contributed by atoms with van der Waals surface area (Å²) in [5.74, 6) is 3.20. The van der Waals surface area contributed by atoms with Gasteiger partial charge in [-0.2, -0.15) is 0 Å². The minimum Gasteiger partial charge on any atom is -0.465 e. The summed E-state index contributed by atoms with van der Waals surface area (Å²) in [4.78, 5) is 10.3. The van der Waals surface area contributed by atoms with E-state index in [-0.39, 0.29) is 0 Å². The normalized spacial score (nSPS) is 10.4. The van der Waals surface area contributed by atoms with Crippen LogP contribution in [-0.4, -0.2) is 25.8 Å². The molecule has 0 spiro atoms. The summed E-state index contributed by atoms with van der Waals surface area (Å²) in [6.45, 7) is 7.06. The van der Waals surface area contributed by atoms with Crippen molar-refractivity contribution in [1.29, 1.82) is 0 Å². The first-order valence-electron chi connectivity index (χ1n) is 5.96. The van der Waals surface area contributed by atoms with Crippen LogP contribution in [0.1, 0.15) is 11.1 Å². The van der Waals surface area contributed by atoms with Crippen LogP contribution in [0.15, 0.2) is 24.3 Å². The van der Waals surface area contributed by atoms with Gasteiger partial charge in [0.05, 0.1) is 0 Å². The van der Waals surface area contributed by atoms with E-state index in [4.69, 9.17) is 5.11 Å². The molecule has 0 saturated carbocycles. The van der Waals surface area contributed by atoms with Crippen molar-refractivity contribution in [1.82, 2.24) is 5.32 Å². The van der Waals surface area contributed by atoms with Gasteiger partial charge in [0, 0.05) is 12.1 Å². The van der Waals surface area contributed by atoms with E-state index < -0.39 is 14.2 Å². The maximum atomic E-state index is 10.3. The molecule has 0 aliphatic rings. The molecule has 0 unspecified atom stereocenters. The highest BCUT2D eigenvalue weighted by Gasteiger charge is 2.07. The van der Waals surface area contributed by atoms with Crippen LogP contribution in [0.3, 0.4) is 0 Å². The number of carbonyl (C=O) groups is 1. The lowest BCUT2D eigenvalue weighted by Gasteiger charge is -2.04. The fourth-order valence-electron chi connectivity index (χ4n) is 1.38. The van der Waals surface area contributed by atoms with Gasteiger partial charge in [-0.05, 0) is 24.1 Å². The molecule has 0 aliphatic carbocycles. The second kappa shape index (κ2) is 6.27. The Labute approximate surface area is 109 Å². The van der Waals surface area contributed by atoms with Gasteiger partial charge in [-0.3, -0.25) is 0 Å². The zero-order valence-corrected chi connectivity index (χ0v) is 12.1. The summed E-state index contributed by atoms with van der Waals surface area (Å²) in [5, 5.41) is 10.8. The maximum absolute atomic E-state index is 10.3. The monoisotopic (exact) mass is 261 g/mol. The van der Waals surface area contributed by atoms with Crippen LogP contribution in [0.4, 0.5) is 4.79 Å². The molecule has 0 atom stereocenters. The van der Waals surface area contributed by atoms with Crippen molar-refractivity contribution < 1.29 is 9.90 Å². The number of carboxylic acid groups (broad SMARTS) is 1. The first kappa shape index (κ1) is 14.3. The van der Waals surface area contributed by atoms with Crippen LogP contribution in [0.25, 0.3) is 0 Å². The number of hydrogen-bond donors (Lipinski definition) is 2. The van der Waals surface area contributed by atoms with Crippen molar-refractivity contribution in [2.45, 2.75) is 26.1 Å². The number of hydrogen-bond acceptors (Lipinski definition) is 1. The molecule has 0 bridgehead atoms. The molecule has 1 aromatic carbocycles. The number of benzene rings is 1. The average molecular weight is 261 g/mol. The standard InChI is InChI=1S/C14H19NO2Si/c1-18(2,3)10-8-13-6-4-5-12(11-13)7-9-15-14(16)17/h4-6,11,15H,7,9H2,1-3H3,(H,16,17). The van der Waals surface area contributed by atoms with Gasteiger partial charge in [0.15, 0.2) is 0 Å². The van der Waals surface area contributed by atoms with E-state index in [1.165, 1.54) is 0 Å². The minimum atomic E-state index is -1.35. The highest BCUT2D eigenvalue weighted by atomic mass is 28.3. The van der Waals surface area contributed by atoms with Gasteiger partial charge >= 0.3 is 6.09 Å².